The number of aromatic amines is 1. The number of aromatic nitrogens is 3. The Morgan fingerprint density at radius 3 is 2.94 bits per heavy atom. The highest BCUT2D eigenvalue weighted by Gasteiger charge is 2.23. The molecular formula is C12H20N4O. The number of ether oxygens (including phenoxy) is 1. The van der Waals surface area contributed by atoms with Gasteiger partial charge in [-0.1, -0.05) is 0 Å². The van der Waals surface area contributed by atoms with E-state index in [2.05, 4.69) is 20.5 Å². The number of nitrogens with one attached hydrogen (secondary N) is 2. The van der Waals surface area contributed by atoms with Crippen LogP contribution in [0.2, 0.25) is 0 Å². The van der Waals surface area contributed by atoms with Crippen molar-refractivity contribution in [1.82, 2.24) is 20.5 Å². The molecule has 2 fully saturated rings. The molecule has 0 aromatic carbocycles. The van der Waals surface area contributed by atoms with Gasteiger partial charge in [0.05, 0.1) is 0 Å². The van der Waals surface area contributed by atoms with Crippen LogP contribution in [0.25, 0.3) is 0 Å². The van der Waals surface area contributed by atoms with Gasteiger partial charge in [0.1, 0.15) is 6.10 Å². The molecule has 5 nitrogen and oxygen atoms in total. The maximum Gasteiger partial charge on any atom is 0.155 e. The predicted octanol–water partition coefficient (Wildman–Crippen LogP) is 1.51. The molecule has 0 saturated carbocycles. The normalized spacial score (nSPS) is 30.4. The van der Waals surface area contributed by atoms with Crippen molar-refractivity contribution in [2.24, 2.45) is 0 Å². The zero-order valence-corrected chi connectivity index (χ0v) is 10.1. The fraction of sp³-hybridized carbons (Fsp3) is 0.833. The molecule has 2 atom stereocenters. The third-order valence-corrected chi connectivity index (χ3v) is 3.67. The molecule has 0 aliphatic carbocycles. The van der Waals surface area contributed by atoms with Crippen LogP contribution in [0.5, 0.6) is 0 Å². The zero-order chi connectivity index (χ0) is 11.5. The molecule has 2 saturated heterocycles. The summed E-state index contributed by atoms with van der Waals surface area (Å²) in [5, 5.41) is 10.8. The molecular weight excluding hydrogens is 216 g/mol. The first-order chi connectivity index (χ1) is 8.43. The molecule has 1 aromatic rings. The first-order valence-electron chi connectivity index (χ1n) is 6.68. The summed E-state index contributed by atoms with van der Waals surface area (Å²) in [5.74, 6) is 2.35. The van der Waals surface area contributed by atoms with Gasteiger partial charge in [-0.3, -0.25) is 5.10 Å². The lowest BCUT2D eigenvalue weighted by Gasteiger charge is -2.21. The van der Waals surface area contributed by atoms with E-state index < -0.39 is 0 Å². The van der Waals surface area contributed by atoms with E-state index in [0.717, 1.165) is 37.8 Å². The topological polar surface area (TPSA) is 62.8 Å². The molecule has 17 heavy (non-hydrogen) atoms. The van der Waals surface area contributed by atoms with Gasteiger partial charge in [-0.05, 0) is 38.6 Å². The van der Waals surface area contributed by atoms with E-state index in [1.54, 1.807) is 0 Å². The van der Waals surface area contributed by atoms with Crippen LogP contribution in [0, 0.1) is 0 Å². The average Bonchev–Trinajstić information content (AvgIpc) is 2.90. The molecule has 0 spiro atoms. The molecule has 2 unspecified atom stereocenters. The SMILES string of the molecule is C1CCC(c2nc(C3CCCNC3)n[nH]2)OC1. The van der Waals surface area contributed by atoms with Crippen LogP contribution in [0.1, 0.15) is 55.8 Å². The van der Waals surface area contributed by atoms with Crippen LogP contribution < -0.4 is 5.32 Å². The predicted molar refractivity (Wildman–Crippen MR) is 63.8 cm³/mol. The minimum Gasteiger partial charge on any atom is -0.370 e. The highest BCUT2D eigenvalue weighted by atomic mass is 16.5. The van der Waals surface area contributed by atoms with Gasteiger partial charge < -0.3 is 10.1 Å². The van der Waals surface area contributed by atoms with E-state index in [4.69, 9.17) is 4.74 Å². The number of piperidine rings is 1. The first-order valence-corrected chi connectivity index (χ1v) is 6.68. The second-order valence-corrected chi connectivity index (χ2v) is 4.98. The summed E-state index contributed by atoms with van der Waals surface area (Å²) in [5.41, 5.74) is 0. The Kier molecular flexibility index (Phi) is 3.38. The Morgan fingerprint density at radius 1 is 1.18 bits per heavy atom. The molecule has 0 bridgehead atoms. The van der Waals surface area contributed by atoms with Crippen LogP contribution in [0.4, 0.5) is 0 Å². The van der Waals surface area contributed by atoms with Gasteiger partial charge >= 0.3 is 0 Å². The molecule has 2 N–H and O–H groups in total. The molecule has 94 valence electrons. The molecule has 2 aliphatic rings. The Balaban J connectivity index is 1.68. The molecule has 0 amide bonds. The van der Waals surface area contributed by atoms with Crippen molar-refractivity contribution in [3.05, 3.63) is 11.6 Å². The van der Waals surface area contributed by atoms with Crippen LogP contribution in [0.3, 0.4) is 0 Å². The van der Waals surface area contributed by atoms with Gasteiger partial charge in [0.15, 0.2) is 11.6 Å². The van der Waals surface area contributed by atoms with Crippen molar-refractivity contribution in [2.45, 2.75) is 44.1 Å². The second kappa shape index (κ2) is 5.14. The molecule has 3 rings (SSSR count). The van der Waals surface area contributed by atoms with Gasteiger partial charge in [0, 0.05) is 19.1 Å². The Bertz CT molecular complexity index is 321. The highest BCUT2D eigenvalue weighted by Crippen LogP contribution is 2.27. The summed E-state index contributed by atoms with van der Waals surface area (Å²) in [6, 6.07) is 0. The molecule has 1 aromatic heterocycles. The Morgan fingerprint density at radius 2 is 2.18 bits per heavy atom. The summed E-state index contributed by atoms with van der Waals surface area (Å²) in [6.07, 6.45) is 6.01. The van der Waals surface area contributed by atoms with E-state index in [0.29, 0.717) is 5.92 Å². The van der Waals surface area contributed by atoms with E-state index in [9.17, 15) is 0 Å². The summed E-state index contributed by atoms with van der Waals surface area (Å²) < 4.78 is 5.72. The number of nitrogens with zero attached hydrogens (tertiary/aromatic N) is 2. The fourth-order valence-corrected chi connectivity index (χ4v) is 2.64. The summed E-state index contributed by atoms with van der Waals surface area (Å²) in [4.78, 5) is 4.63. The lowest BCUT2D eigenvalue weighted by atomic mass is 9.99. The van der Waals surface area contributed by atoms with E-state index in [-0.39, 0.29) is 6.10 Å². The maximum atomic E-state index is 5.72. The maximum absolute atomic E-state index is 5.72. The minimum atomic E-state index is 0.140. The van der Waals surface area contributed by atoms with Crippen molar-refractivity contribution in [3.8, 4) is 0 Å². The minimum absolute atomic E-state index is 0.140. The van der Waals surface area contributed by atoms with Crippen LogP contribution in [-0.4, -0.2) is 34.9 Å². The van der Waals surface area contributed by atoms with E-state index in [1.807, 2.05) is 0 Å². The van der Waals surface area contributed by atoms with E-state index >= 15 is 0 Å². The van der Waals surface area contributed by atoms with Gasteiger partial charge in [0.2, 0.25) is 0 Å². The molecule has 5 heteroatoms. The quantitative estimate of drug-likeness (QED) is 0.817. The van der Waals surface area contributed by atoms with E-state index in [1.165, 1.54) is 25.7 Å². The summed E-state index contributed by atoms with van der Waals surface area (Å²) in [7, 11) is 0. The van der Waals surface area contributed by atoms with Crippen molar-refractivity contribution in [1.29, 1.82) is 0 Å². The lowest BCUT2D eigenvalue weighted by Crippen LogP contribution is -2.29. The third-order valence-electron chi connectivity index (χ3n) is 3.67. The first kappa shape index (κ1) is 11.2. The largest absolute Gasteiger partial charge is 0.370 e. The number of hydrogen-bond acceptors (Lipinski definition) is 4. The monoisotopic (exact) mass is 236 g/mol. The van der Waals surface area contributed by atoms with Crippen molar-refractivity contribution in [3.63, 3.8) is 0 Å². The Hall–Kier alpha value is -0.940. The summed E-state index contributed by atoms with van der Waals surface area (Å²) >= 11 is 0. The Labute approximate surface area is 101 Å². The highest BCUT2D eigenvalue weighted by molar-refractivity contribution is 5.02. The number of hydrogen-bond donors (Lipinski definition) is 2. The van der Waals surface area contributed by atoms with Gasteiger partial charge in [-0.25, -0.2) is 4.98 Å². The van der Waals surface area contributed by atoms with Gasteiger partial charge in [-0.2, -0.15) is 5.10 Å². The number of H-pyrrole nitrogens is 1. The van der Waals surface area contributed by atoms with Gasteiger partial charge in [0.25, 0.3) is 0 Å². The molecule has 2 aliphatic heterocycles. The van der Waals surface area contributed by atoms with Crippen LogP contribution in [-0.2, 0) is 4.74 Å². The molecule has 3 heterocycles. The van der Waals surface area contributed by atoms with Crippen molar-refractivity contribution >= 4 is 0 Å². The number of rotatable bonds is 2. The lowest BCUT2D eigenvalue weighted by molar-refractivity contribution is 0.00961. The van der Waals surface area contributed by atoms with Crippen LogP contribution in [0.15, 0.2) is 0 Å². The second-order valence-electron chi connectivity index (χ2n) is 4.98. The summed E-state index contributed by atoms with van der Waals surface area (Å²) in [6.45, 7) is 2.98. The van der Waals surface area contributed by atoms with Crippen molar-refractivity contribution in [2.75, 3.05) is 19.7 Å². The third kappa shape index (κ3) is 2.50. The smallest absolute Gasteiger partial charge is 0.155 e. The van der Waals surface area contributed by atoms with Gasteiger partial charge in [-0.15, -0.1) is 0 Å². The zero-order valence-electron chi connectivity index (χ0n) is 10.1. The fourth-order valence-electron chi connectivity index (χ4n) is 2.64. The average molecular weight is 236 g/mol. The van der Waals surface area contributed by atoms with Crippen LogP contribution >= 0.6 is 0 Å². The molecule has 0 radical (unpaired) electrons. The van der Waals surface area contributed by atoms with Crippen molar-refractivity contribution < 1.29 is 4.74 Å². The standard InChI is InChI=1S/C12H20N4O/c1-2-7-17-10(5-1)12-14-11(15-16-12)9-4-3-6-13-8-9/h9-10,13H,1-8H2,(H,14,15,16).